The second kappa shape index (κ2) is 11.8. The number of esters is 1. The summed E-state index contributed by atoms with van der Waals surface area (Å²) in [6.07, 6.45) is 4.55. The number of carbonyl (C=O) groups is 3. The van der Waals surface area contributed by atoms with Crippen molar-refractivity contribution in [2.45, 2.75) is 32.6 Å². The van der Waals surface area contributed by atoms with Crippen LogP contribution in [0.4, 0.5) is 5.69 Å². The van der Waals surface area contributed by atoms with Gasteiger partial charge in [0.15, 0.2) is 0 Å². The van der Waals surface area contributed by atoms with E-state index in [-0.39, 0.29) is 11.8 Å². The Balaban J connectivity index is 1.44. The summed E-state index contributed by atoms with van der Waals surface area (Å²) < 4.78 is 5.23. The van der Waals surface area contributed by atoms with E-state index in [4.69, 9.17) is 17.0 Å². The molecule has 2 amide bonds. The van der Waals surface area contributed by atoms with E-state index in [9.17, 15) is 14.4 Å². The number of anilines is 1. The van der Waals surface area contributed by atoms with Crippen LogP contribution in [-0.2, 0) is 14.3 Å². The molecule has 2 aromatic carbocycles. The first kappa shape index (κ1) is 24.7. The molecule has 33 heavy (non-hydrogen) atoms. The quantitative estimate of drug-likeness (QED) is 0.230. The molecule has 0 spiro atoms. The molecule has 1 aliphatic heterocycles. The molecule has 0 saturated carbocycles. The average molecular weight is 483 g/mol. The minimum atomic E-state index is -0.402. The van der Waals surface area contributed by atoms with Crippen molar-refractivity contribution in [1.29, 1.82) is 0 Å². The number of nitrogens with one attached hydrogen (secondary N) is 1. The van der Waals surface area contributed by atoms with E-state index in [0.29, 0.717) is 27.8 Å². The maximum atomic E-state index is 12.8. The predicted molar refractivity (Wildman–Crippen MR) is 136 cm³/mol. The van der Waals surface area contributed by atoms with Gasteiger partial charge in [-0.15, -0.1) is 0 Å². The fourth-order valence-electron chi connectivity index (χ4n) is 3.36. The normalized spacial score (nSPS) is 14.6. The minimum absolute atomic E-state index is 0.00707. The summed E-state index contributed by atoms with van der Waals surface area (Å²) >= 11 is 6.66. The maximum Gasteiger partial charge on any atom is 0.337 e. The van der Waals surface area contributed by atoms with Crippen molar-refractivity contribution in [1.82, 2.24) is 4.90 Å². The van der Waals surface area contributed by atoms with Crippen LogP contribution in [0, 0.1) is 6.92 Å². The number of hydrogen-bond acceptors (Lipinski definition) is 6. The molecule has 1 N–H and O–H groups in total. The summed E-state index contributed by atoms with van der Waals surface area (Å²) in [7, 11) is 1.34. The number of benzene rings is 2. The van der Waals surface area contributed by atoms with Gasteiger partial charge in [-0.05, 0) is 61.2 Å². The molecule has 6 nitrogen and oxygen atoms in total. The van der Waals surface area contributed by atoms with Crippen LogP contribution in [0.5, 0.6) is 0 Å². The minimum Gasteiger partial charge on any atom is -0.465 e. The molecule has 1 saturated heterocycles. The Morgan fingerprint density at radius 1 is 1.12 bits per heavy atom. The van der Waals surface area contributed by atoms with E-state index in [2.05, 4.69) is 5.32 Å². The monoisotopic (exact) mass is 482 g/mol. The fraction of sp³-hybridized carbons (Fsp3) is 0.280. The lowest BCUT2D eigenvalue weighted by molar-refractivity contribution is -0.122. The molecule has 0 radical (unpaired) electrons. The molecule has 1 aliphatic rings. The second-order valence-electron chi connectivity index (χ2n) is 7.68. The zero-order valence-electron chi connectivity index (χ0n) is 18.6. The Hall–Kier alpha value is -2.97. The molecule has 8 heteroatoms. The first-order valence-electron chi connectivity index (χ1n) is 10.7. The molecule has 1 fully saturated rings. The van der Waals surface area contributed by atoms with Gasteiger partial charge in [0, 0.05) is 18.7 Å². The highest BCUT2D eigenvalue weighted by Gasteiger charge is 2.31. The van der Waals surface area contributed by atoms with E-state index in [1.807, 2.05) is 31.2 Å². The molecule has 0 atom stereocenters. The third kappa shape index (κ3) is 7.00. The standard InChI is InChI=1S/C25H26N2O4S2/c1-17-7-6-8-20(15-17)26-22(28)9-4-3-5-14-27-23(29)21(33-25(27)32)16-18-10-12-19(13-11-18)24(30)31-2/h6-8,10-13,15-16H,3-5,9,14H2,1-2H3,(H,26,28)/b21-16-. The van der Waals surface area contributed by atoms with Crippen molar-refractivity contribution in [3.63, 3.8) is 0 Å². The van der Waals surface area contributed by atoms with E-state index in [0.717, 1.165) is 36.1 Å². The van der Waals surface area contributed by atoms with Gasteiger partial charge in [-0.2, -0.15) is 0 Å². The van der Waals surface area contributed by atoms with Crippen LogP contribution in [0.1, 0.15) is 47.2 Å². The Morgan fingerprint density at radius 3 is 2.58 bits per heavy atom. The molecule has 0 bridgehead atoms. The number of thioether (sulfide) groups is 1. The molecule has 2 aromatic rings. The number of thiocarbonyl (C=S) groups is 1. The number of aryl methyl sites for hydroxylation is 1. The van der Waals surface area contributed by atoms with Gasteiger partial charge in [-0.1, -0.05) is 54.7 Å². The summed E-state index contributed by atoms with van der Waals surface area (Å²) in [4.78, 5) is 38.6. The molecule has 3 rings (SSSR count). The van der Waals surface area contributed by atoms with Gasteiger partial charge in [0.2, 0.25) is 5.91 Å². The van der Waals surface area contributed by atoms with Crippen LogP contribution in [0.15, 0.2) is 53.4 Å². The molecule has 0 aromatic heterocycles. The first-order chi connectivity index (χ1) is 15.9. The average Bonchev–Trinajstić information content (AvgIpc) is 3.06. The molecule has 0 aliphatic carbocycles. The lowest BCUT2D eigenvalue weighted by Crippen LogP contribution is -2.29. The highest BCUT2D eigenvalue weighted by atomic mass is 32.2. The van der Waals surface area contributed by atoms with Gasteiger partial charge in [0.25, 0.3) is 5.91 Å². The number of rotatable bonds is 9. The summed E-state index contributed by atoms with van der Waals surface area (Å²) in [5.41, 5.74) is 3.17. The maximum absolute atomic E-state index is 12.8. The van der Waals surface area contributed by atoms with E-state index in [1.165, 1.54) is 18.9 Å². The first-order valence-corrected chi connectivity index (χ1v) is 11.9. The Labute approximate surface area is 203 Å². The van der Waals surface area contributed by atoms with Crippen molar-refractivity contribution in [3.05, 3.63) is 70.1 Å². The zero-order valence-corrected chi connectivity index (χ0v) is 20.3. The Morgan fingerprint density at radius 2 is 1.88 bits per heavy atom. The van der Waals surface area contributed by atoms with Crippen molar-refractivity contribution in [3.8, 4) is 0 Å². The van der Waals surface area contributed by atoms with Crippen molar-refractivity contribution >= 4 is 57.8 Å². The predicted octanol–water partition coefficient (Wildman–Crippen LogP) is 5.18. The lowest BCUT2D eigenvalue weighted by atomic mass is 10.1. The van der Waals surface area contributed by atoms with Gasteiger partial charge in [0.05, 0.1) is 17.6 Å². The molecule has 0 unspecified atom stereocenters. The van der Waals surface area contributed by atoms with Crippen LogP contribution < -0.4 is 5.32 Å². The third-order valence-electron chi connectivity index (χ3n) is 5.09. The van der Waals surface area contributed by atoms with E-state index < -0.39 is 5.97 Å². The number of methoxy groups -OCH3 is 1. The third-order valence-corrected chi connectivity index (χ3v) is 6.47. The topological polar surface area (TPSA) is 75.7 Å². The highest BCUT2D eigenvalue weighted by molar-refractivity contribution is 8.26. The van der Waals surface area contributed by atoms with Gasteiger partial charge in [-0.25, -0.2) is 4.79 Å². The van der Waals surface area contributed by atoms with Crippen LogP contribution in [0.25, 0.3) is 6.08 Å². The number of nitrogens with zero attached hydrogens (tertiary/aromatic N) is 1. The van der Waals surface area contributed by atoms with E-state index >= 15 is 0 Å². The van der Waals surface area contributed by atoms with Crippen molar-refractivity contribution in [2.75, 3.05) is 19.0 Å². The van der Waals surface area contributed by atoms with Gasteiger partial charge < -0.3 is 10.1 Å². The molecule has 172 valence electrons. The molecule has 1 heterocycles. The van der Waals surface area contributed by atoms with Crippen molar-refractivity contribution < 1.29 is 19.1 Å². The summed E-state index contributed by atoms with van der Waals surface area (Å²) in [6, 6.07) is 14.6. The number of amides is 2. The number of unbranched alkanes of at least 4 members (excludes halogenated alkanes) is 2. The zero-order chi connectivity index (χ0) is 23.8. The van der Waals surface area contributed by atoms with Gasteiger partial charge >= 0.3 is 5.97 Å². The van der Waals surface area contributed by atoms with E-state index in [1.54, 1.807) is 35.2 Å². The van der Waals surface area contributed by atoms with Crippen LogP contribution in [0.2, 0.25) is 0 Å². The number of hydrogen-bond donors (Lipinski definition) is 1. The highest BCUT2D eigenvalue weighted by Crippen LogP contribution is 2.32. The fourth-order valence-corrected chi connectivity index (χ4v) is 4.66. The summed E-state index contributed by atoms with van der Waals surface area (Å²) in [5.74, 6) is -0.521. The Bertz CT molecular complexity index is 1080. The van der Waals surface area contributed by atoms with Gasteiger partial charge in [0.1, 0.15) is 4.32 Å². The number of carbonyl (C=O) groups excluding carboxylic acids is 3. The number of ether oxygens (including phenoxy) is 1. The summed E-state index contributed by atoms with van der Waals surface area (Å²) in [6.45, 7) is 2.52. The largest absolute Gasteiger partial charge is 0.465 e. The van der Waals surface area contributed by atoms with Crippen LogP contribution >= 0.6 is 24.0 Å². The molecular formula is C25H26N2O4S2. The van der Waals surface area contributed by atoms with Crippen LogP contribution in [-0.4, -0.2) is 40.7 Å². The van der Waals surface area contributed by atoms with Gasteiger partial charge in [-0.3, -0.25) is 14.5 Å². The van der Waals surface area contributed by atoms with Crippen molar-refractivity contribution in [2.24, 2.45) is 0 Å². The lowest BCUT2D eigenvalue weighted by Gasteiger charge is -2.14. The smallest absolute Gasteiger partial charge is 0.337 e. The Kier molecular flexibility index (Phi) is 8.79. The summed E-state index contributed by atoms with van der Waals surface area (Å²) in [5, 5.41) is 2.91. The molecular weight excluding hydrogens is 456 g/mol. The van der Waals surface area contributed by atoms with Crippen LogP contribution in [0.3, 0.4) is 0 Å². The SMILES string of the molecule is COC(=O)c1ccc(/C=C2\SC(=S)N(CCCCCC(=O)Nc3cccc(C)c3)C2=O)cc1. The second-order valence-corrected chi connectivity index (χ2v) is 9.35.